The molecule has 0 atom stereocenters. The summed E-state index contributed by atoms with van der Waals surface area (Å²) in [6.07, 6.45) is 1.78. The third-order valence-corrected chi connectivity index (χ3v) is 4.61. The number of hydrogen-bond acceptors (Lipinski definition) is 4. The molecule has 2 rings (SSSR count). The summed E-state index contributed by atoms with van der Waals surface area (Å²) in [6.45, 7) is 2.78. The maximum absolute atomic E-state index is 12.3. The minimum Gasteiger partial charge on any atom is -0.316 e. The van der Waals surface area contributed by atoms with E-state index < -0.39 is 10.0 Å². The molecule has 0 fully saturated rings. The monoisotopic (exact) mass is 308 g/mol. The standard InChI is InChI=1S/C14H20N4O2S/c1-11-4-5-14(8-12(11)9-15-2)21(19,20)16-10-13-6-7-18(3)17-13/h4-8,15-16H,9-10H2,1-3H3. The topological polar surface area (TPSA) is 76.0 Å². The van der Waals surface area contributed by atoms with Crippen LogP contribution in [0.2, 0.25) is 0 Å². The van der Waals surface area contributed by atoms with E-state index in [-0.39, 0.29) is 11.4 Å². The molecule has 2 aromatic rings. The highest BCUT2D eigenvalue weighted by molar-refractivity contribution is 7.89. The van der Waals surface area contributed by atoms with Gasteiger partial charge in [-0.2, -0.15) is 5.10 Å². The first-order valence-electron chi connectivity index (χ1n) is 6.64. The van der Waals surface area contributed by atoms with Crippen LogP contribution in [0, 0.1) is 6.92 Å². The van der Waals surface area contributed by atoms with Gasteiger partial charge in [0, 0.05) is 19.8 Å². The van der Waals surface area contributed by atoms with Gasteiger partial charge in [-0.25, -0.2) is 13.1 Å². The predicted octanol–water partition coefficient (Wildman–Crippen LogP) is 0.926. The Labute approximate surface area is 125 Å². The third kappa shape index (κ3) is 3.90. The summed E-state index contributed by atoms with van der Waals surface area (Å²) in [5.74, 6) is 0. The molecule has 1 aromatic heterocycles. The Morgan fingerprint density at radius 3 is 2.62 bits per heavy atom. The first kappa shape index (κ1) is 15.7. The smallest absolute Gasteiger partial charge is 0.240 e. The number of aryl methyl sites for hydroxylation is 2. The highest BCUT2D eigenvalue weighted by Crippen LogP contribution is 2.15. The van der Waals surface area contributed by atoms with Gasteiger partial charge in [0.2, 0.25) is 10.0 Å². The fraction of sp³-hybridized carbons (Fsp3) is 0.357. The number of rotatable bonds is 6. The van der Waals surface area contributed by atoms with Crippen LogP contribution >= 0.6 is 0 Å². The van der Waals surface area contributed by atoms with Crippen LogP contribution in [-0.4, -0.2) is 25.2 Å². The van der Waals surface area contributed by atoms with Gasteiger partial charge in [0.05, 0.1) is 17.1 Å². The zero-order valence-electron chi connectivity index (χ0n) is 12.4. The molecule has 0 aliphatic rings. The molecule has 6 nitrogen and oxygen atoms in total. The summed E-state index contributed by atoms with van der Waals surface area (Å²) >= 11 is 0. The molecule has 0 radical (unpaired) electrons. The number of hydrogen-bond donors (Lipinski definition) is 2. The second kappa shape index (κ2) is 6.38. The predicted molar refractivity (Wildman–Crippen MR) is 81.2 cm³/mol. The molecule has 7 heteroatoms. The Bertz CT molecular complexity index is 722. The van der Waals surface area contributed by atoms with E-state index in [4.69, 9.17) is 0 Å². The minimum atomic E-state index is -3.53. The van der Waals surface area contributed by atoms with Gasteiger partial charge in [0.25, 0.3) is 0 Å². The van der Waals surface area contributed by atoms with Crippen molar-refractivity contribution in [2.45, 2.75) is 24.9 Å². The summed E-state index contributed by atoms with van der Waals surface area (Å²) in [5.41, 5.74) is 2.72. The maximum Gasteiger partial charge on any atom is 0.240 e. The minimum absolute atomic E-state index is 0.179. The zero-order valence-corrected chi connectivity index (χ0v) is 13.2. The van der Waals surface area contributed by atoms with Gasteiger partial charge < -0.3 is 5.32 Å². The second-order valence-corrected chi connectivity index (χ2v) is 6.69. The summed E-state index contributed by atoms with van der Waals surface area (Å²) < 4.78 is 28.8. The lowest BCUT2D eigenvalue weighted by atomic mass is 10.1. The van der Waals surface area contributed by atoms with Crippen molar-refractivity contribution in [3.8, 4) is 0 Å². The number of sulfonamides is 1. The van der Waals surface area contributed by atoms with Crippen LogP contribution < -0.4 is 10.0 Å². The Hall–Kier alpha value is -1.70. The van der Waals surface area contributed by atoms with Crippen LogP contribution in [0.5, 0.6) is 0 Å². The lowest BCUT2D eigenvalue weighted by molar-refractivity contribution is 0.579. The Morgan fingerprint density at radius 1 is 1.24 bits per heavy atom. The fourth-order valence-corrected chi connectivity index (χ4v) is 3.05. The van der Waals surface area contributed by atoms with Crippen molar-refractivity contribution in [1.82, 2.24) is 19.8 Å². The molecule has 1 heterocycles. The number of benzene rings is 1. The first-order valence-corrected chi connectivity index (χ1v) is 8.13. The van der Waals surface area contributed by atoms with E-state index in [0.717, 1.165) is 11.1 Å². The van der Waals surface area contributed by atoms with E-state index in [9.17, 15) is 8.42 Å². The number of aromatic nitrogens is 2. The summed E-state index contributed by atoms with van der Waals surface area (Å²) in [5, 5.41) is 7.18. The highest BCUT2D eigenvalue weighted by Gasteiger charge is 2.15. The molecule has 114 valence electrons. The van der Waals surface area contributed by atoms with E-state index in [2.05, 4.69) is 15.1 Å². The molecule has 21 heavy (non-hydrogen) atoms. The van der Waals surface area contributed by atoms with Crippen molar-refractivity contribution in [2.75, 3.05) is 7.05 Å². The van der Waals surface area contributed by atoms with Gasteiger partial charge in [-0.05, 0) is 43.3 Å². The molecule has 2 N–H and O–H groups in total. The first-order chi connectivity index (χ1) is 9.92. The normalized spacial score (nSPS) is 11.8. The fourth-order valence-electron chi connectivity index (χ4n) is 2.01. The van der Waals surface area contributed by atoms with E-state index in [1.54, 1.807) is 36.1 Å². The average Bonchev–Trinajstić information content (AvgIpc) is 2.85. The van der Waals surface area contributed by atoms with Crippen LogP contribution in [-0.2, 0) is 30.2 Å². The van der Waals surface area contributed by atoms with Crippen LogP contribution in [0.1, 0.15) is 16.8 Å². The summed E-state index contributed by atoms with van der Waals surface area (Å²) in [4.78, 5) is 0.272. The molecular formula is C14H20N4O2S. The molecule has 0 bridgehead atoms. The molecular weight excluding hydrogens is 288 g/mol. The molecule has 1 aromatic carbocycles. The van der Waals surface area contributed by atoms with Gasteiger partial charge in [0.15, 0.2) is 0 Å². The van der Waals surface area contributed by atoms with Crippen molar-refractivity contribution < 1.29 is 8.42 Å². The van der Waals surface area contributed by atoms with E-state index in [1.807, 2.05) is 20.0 Å². The molecule has 0 saturated carbocycles. The molecule has 0 spiro atoms. The Balaban J connectivity index is 2.17. The number of nitrogens with zero attached hydrogens (tertiary/aromatic N) is 2. The molecule has 0 aliphatic carbocycles. The van der Waals surface area contributed by atoms with Crippen LogP contribution in [0.25, 0.3) is 0 Å². The second-order valence-electron chi connectivity index (χ2n) is 4.92. The molecule has 0 saturated heterocycles. The van der Waals surface area contributed by atoms with Gasteiger partial charge in [-0.3, -0.25) is 4.68 Å². The van der Waals surface area contributed by atoms with E-state index in [1.165, 1.54) is 0 Å². The zero-order chi connectivity index (χ0) is 15.5. The quantitative estimate of drug-likeness (QED) is 0.832. The maximum atomic E-state index is 12.3. The Kier molecular flexibility index (Phi) is 4.76. The third-order valence-electron chi connectivity index (χ3n) is 3.21. The van der Waals surface area contributed by atoms with Crippen molar-refractivity contribution in [3.63, 3.8) is 0 Å². The Morgan fingerprint density at radius 2 is 2.00 bits per heavy atom. The number of nitrogens with one attached hydrogen (secondary N) is 2. The lowest BCUT2D eigenvalue weighted by Crippen LogP contribution is -2.24. The van der Waals surface area contributed by atoms with E-state index in [0.29, 0.717) is 12.2 Å². The highest BCUT2D eigenvalue weighted by atomic mass is 32.2. The van der Waals surface area contributed by atoms with Crippen molar-refractivity contribution in [2.24, 2.45) is 7.05 Å². The largest absolute Gasteiger partial charge is 0.316 e. The molecule has 0 aliphatic heterocycles. The van der Waals surface area contributed by atoms with Gasteiger partial charge >= 0.3 is 0 Å². The van der Waals surface area contributed by atoms with Crippen molar-refractivity contribution in [3.05, 3.63) is 47.3 Å². The molecule has 0 unspecified atom stereocenters. The summed E-state index contributed by atoms with van der Waals surface area (Å²) in [7, 11) is 0.0931. The average molecular weight is 308 g/mol. The van der Waals surface area contributed by atoms with Crippen LogP contribution in [0.3, 0.4) is 0 Å². The SMILES string of the molecule is CNCc1cc(S(=O)(=O)NCc2ccn(C)n2)ccc1C. The van der Waals surface area contributed by atoms with Crippen LogP contribution in [0.15, 0.2) is 35.4 Å². The van der Waals surface area contributed by atoms with Gasteiger partial charge in [-0.1, -0.05) is 6.07 Å². The summed E-state index contributed by atoms with van der Waals surface area (Å²) in [6, 6.07) is 6.92. The van der Waals surface area contributed by atoms with Gasteiger partial charge in [-0.15, -0.1) is 0 Å². The van der Waals surface area contributed by atoms with Crippen molar-refractivity contribution in [1.29, 1.82) is 0 Å². The van der Waals surface area contributed by atoms with Crippen molar-refractivity contribution >= 4 is 10.0 Å². The molecule has 0 amide bonds. The lowest BCUT2D eigenvalue weighted by Gasteiger charge is -2.10. The van der Waals surface area contributed by atoms with Gasteiger partial charge in [0.1, 0.15) is 0 Å². The van der Waals surface area contributed by atoms with E-state index >= 15 is 0 Å². The van der Waals surface area contributed by atoms with Crippen LogP contribution in [0.4, 0.5) is 0 Å².